The van der Waals surface area contributed by atoms with Crippen LogP contribution in [0.2, 0.25) is 0 Å². The van der Waals surface area contributed by atoms with E-state index in [4.69, 9.17) is 4.74 Å². The van der Waals surface area contributed by atoms with E-state index < -0.39 is 0 Å². The monoisotopic (exact) mass is 196 g/mol. The number of carbonyl (C=O) groups excluding carboxylic acids is 1. The number of amides is 1. The summed E-state index contributed by atoms with van der Waals surface area (Å²) in [6, 6.07) is 0. The molecule has 78 valence electrons. The third-order valence-corrected chi connectivity index (χ3v) is 2.00. The Morgan fingerprint density at radius 2 is 2.21 bits per heavy atom. The maximum Gasteiger partial charge on any atom is 0.247 e. The minimum Gasteiger partial charge on any atom is -0.379 e. The van der Waals surface area contributed by atoms with Crippen LogP contribution in [0.15, 0.2) is 24.9 Å². The molecule has 1 aliphatic rings. The highest BCUT2D eigenvalue weighted by molar-refractivity contribution is 5.87. The van der Waals surface area contributed by atoms with Gasteiger partial charge in [-0.1, -0.05) is 12.7 Å². The molecule has 0 saturated carbocycles. The van der Waals surface area contributed by atoms with Crippen LogP contribution in [0.1, 0.15) is 0 Å². The molecule has 0 aromatic carbocycles. The molecule has 1 rings (SSSR count). The molecule has 0 unspecified atom stereocenters. The molecule has 1 aliphatic heterocycles. The Kier molecular flexibility index (Phi) is 4.96. The van der Waals surface area contributed by atoms with Crippen LogP contribution in [0.3, 0.4) is 0 Å². The second-order valence-electron chi connectivity index (χ2n) is 3.03. The highest BCUT2D eigenvalue weighted by atomic mass is 16.5. The van der Waals surface area contributed by atoms with Gasteiger partial charge in [0.25, 0.3) is 0 Å². The first-order chi connectivity index (χ1) is 6.83. The van der Waals surface area contributed by atoms with Crippen LogP contribution in [-0.4, -0.2) is 43.7 Å². The van der Waals surface area contributed by atoms with Crippen molar-refractivity contribution in [3.05, 3.63) is 24.9 Å². The third-order valence-electron chi connectivity index (χ3n) is 2.00. The van der Waals surface area contributed by atoms with E-state index in [1.54, 1.807) is 6.20 Å². The zero-order valence-corrected chi connectivity index (χ0v) is 8.24. The van der Waals surface area contributed by atoms with Crippen molar-refractivity contribution in [2.24, 2.45) is 0 Å². The summed E-state index contributed by atoms with van der Waals surface area (Å²) in [7, 11) is 0. The van der Waals surface area contributed by atoms with Crippen LogP contribution in [0.4, 0.5) is 0 Å². The second-order valence-corrected chi connectivity index (χ2v) is 3.03. The molecule has 1 amide bonds. The number of carbonyl (C=O) groups is 1. The Labute approximate surface area is 84.2 Å². The van der Waals surface area contributed by atoms with E-state index >= 15 is 0 Å². The minimum absolute atomic E-state index is 0.178. The van der Waals surface area contributed by atoms with Gasteiger partial charge in [-0.05, 0) is 6.08 Å². The lowest BCUT2D eigenvalue weighted by Crippen LogP contribution is -2.36. The van der Waals surface area contributed by atoms with Crippen molar-refractivity contribution in [1.82, 2.24) is 10.2 Å². The first-order valence-corrected chi connectivity index (χ1v) is 4.71. The second kappa shape index (κ2) is 6.34. The van der Waals surface area contributed by atoms with Crippen molar-refractivity contribution < 1.29 is 9.53 Å². The number of hydrogen-bond donors (Lipinski definition) is 1. The zero-order valence-electron chi connectivity index (χ0n) is 8.24. The molecule has 1 fully saturated rings. The van der Waals surface area contributed by atoms with E-state index in [0.29, 0.717) is 0 Å². The van der Waals surface area contributed by atoms with Gasteiger partial charge < -0.3 is 10.1 Å². The van der Waals surface area contributed by atoms with E-state index in [-0.39, 0.29) is 5.91 Å². The molecule has 0 aromatic heterocycles. The summed E-state index contributed by atoms with van der Waals surface area (Å²) in [5.41, 5.74) is 0. The summed E-state index contributed by atoms with van der Waals surface area (Å²) >= 11 is 0. The number of nitrogens with one attached hydrogen (secondary N) is 1. The van der Waals surface area contributed by atoms with Gasteiger partial charge in [0.1, 0.15) is 0 Å². The van der Waals surface area contributed by atoms with Crippen molar-refractivity contribution >= 4 is 5.91 Å². The molecule has 0 radical (unpaired) electrons. The largest absolute Gasteiger partial charge is 0.379 e. The highest BCUT2D eigenvalue weighted by Gasteiger charge is 2.07. The van der Waals surface area contributed by atoms with Gasteiger partial charge in [0.15, 0.2) is 0 Å². The van der Waals surface area contributed by atoms with Crippen molar-refractivity contribution in [3.8, 4) is 0 Å². The van der Waals surface area contributed by atoms with Crippen LogP contribution >= 0.6 is 0 Å². The third kappa shape index (κ3) is 4.20. The van der Waals surface area contributed by atoms with E-state index in [2.05, 4.69) is 16.8 Å². The predicted octanol–water partition coefficient (Wildman–Crippen LogP) is 0.134. The summed E-state index contributed by atoms with van der Waals surface area (Å²) in [6.07, 6.45) is 4.82. The zero-order chi connectivity index (χ0) is 10.2. The summed E-state index contributed by atoms with van der Waals surface area (Å²) in [5, 5.41) is 2.58. The molecule has 0 aromatic rings. The van der Waals surface area contributed by atoms with Crippen molar-refractivity contribution in [2.45, 2.75) is 0 Å². The molecule has 1 N–H and O–H groups in total. The van der Waals surface area contributed by atoms with Crippen LogP contribution in [0, 0.1) is 0 Å². The molecule has 1 heterocycles. The highest BCUT2D eigenvalue weighted by Crippen LogP contribution is 1.95. The number of rotatable bonds is 4. The van der Waals surface area contributed by atoms with Gasteiger partial charge in [-0.25, -0.2) is 0 Å². The fourth-order valence-electron chi connectivity index (χ4n) is 1.19. The molecule has 4 heteroatoms. The van der Waals surface area contributed by atoms with Gasteiger partial charge >= 0.3 is 0 Å². The fraction of sp³-hybridized carbons (Fsp3) is 0.500. The molecule has 0 bridgehead atoms. The fourth-order valence-corrected chi connectivity index (χ4v) is 1.19. The first-order valence-electron chi connectivity index (χ1n) is 4.71. The van der Waals surface area contributed by atoms with Gasteiger partial charge in [0, 0.05) is 25.8 Å². The minimum atomic E-state index is -0.178. The Morgan fingerprint density at radius 3 is 2.86 bits per heavy atom. The molecule has 0 aliphatic carbocycles. The van der Waals surface area contributed by atoms with Crippen LogP contribution in [0.25, 0.3) is 0 Å². The lowest BCUT2D eigenvalue weighted by Gasteiger charge is -2.24. The Balaban J connectivity index is 2.12. The Hall–Kier alpha value is -1.13. The predicted molar refractivity (Wildman–Crippen MR) is 54.7 cm³/mol. The van der Waals surface area contributed by atoms with Crippen LogP contribution in [-0.2, 0) is 9.53 Å². The number of hydrogen-bond acceptors (Lipinski definition) is 3. The summed E-state index contributed by atoms with van der Waals surface area (Å²) in [4.78, 5) is 13.0. The SMILES string of the molecule is C=CC(=O)NC=CCN1CCOCC1. The quantitative estimate of drug-likeness (QED) is 0.650. The van der Waals surface area contributed by atoms with Gasteiger partial charge in [0.2, 0.25) is 5.91 Å². The number of ether oxygens (including phenoxy) is 1. The van der Waals surface area contributed by atoms with E-state index in [1.807, 2.05) is 6.08 Å². The van der Waals surface area contributed by atoms with E-state index in [1.165, 1.54) is 6.08 Å². The summed E-state index contributed by atoms with van der Waals surface area (Å²) in [6.45, 7) is 7.72. The normalized spacial score (nSPS) is 18.3. The van der Waals surface area contributed by atoms with Crippen LogP contribution in [0.5, 0.6) is 0 Å². The molecule has 1 saturated heterocycles. The molecular formula is C10H16N2O2. The van der Waals surface area contributed by atoms with Crippen molar-refractivity contribution in [1.29, 1.82) is 0 Å². The standard InChI is InChI=1S/C10H16N2O2/c1-2-10(13)11-4-3-5-12-6-8-14-9-7-12/h2-4H,1,5-9H2,(H,11,13). The average molecular weight is 196 g/mol. The maximum atomic E-state index is 10.7. The van der Waals surface area contributed by atoms with E-state index in [0.717, 1.165) is 32.8 Å². The molecule has 14 heavy (non-hydrogen) atoms. The number of nitrogens with zero attached hydrogens (tertiary/aromatic N) is 1. The molecule has 0 atom stereocenters. The van der Waals surface area contributed by atoms with E-state index in [9.17, 15) is 4.79 Å². The van der Waals surface area contributed by atoms with Gasteiger partial charge in [0.05, 0.1) is 13.2 Å². The smallest absolute Gasteiger partial charge is 0.247 e. The summed E-state index contributed by atoms with van der Waals surface area (Å²) < 4.78 is 5.21. The number of morpholine rings is 1. The van der Waals surface area contributed by atoms with Gasteiger partial charge in [-0.15, -0.1) is 0 Å². The average Bonchev–Trinajstić information content (AvgIpc) is 2.25. The van der Waals surface area contributed by atoms with Crippen molar-refractivity contribution in [2.75, 3.05) is 32.8 Å². The van der Waals surface area contributed by atoms with Crippen LogP contribution < -0.4 is 5.32 Å². The first kappa shape index (κ1) is 10.9. The summed E-state index contributed by atoms with van der Waals surface area (Å²) in [5.74, 6) is -0.178. The topological polar surface area (TPSA) is 41.6 Å². The lowest BCUT2D eigenvalue weighted by molar-refractivity contribution is -0.115. The maximum absolute atomic E-state index is 10.7. The molecular weight excluding hydrogens is 180 g/mol. The van der Waals surface area contributed by atoms with Gasteiger partial charge in [-0.2, -0.15) is 0 Å². The molecule has 0 spiro atoms. The molecule has 4 nitrogen and oxygen atoms in total. The Morgan fingerprint density at radius 1 is 1.50 bits per heavy atom. The Bertz CT molecular complexity index is 220. The lowest BCUT2D eigenvalue weighted by atomic mass is 10.4. The van der Waals surface area contributed by atoms with Crippen molar-refractivity contribution in [3.63, 3.8) is 0 Å². The van der Waals surface area contributed by atoms with Gasteiger partial charge in [-0.3, -0.25) is 9.69 Å².